The second kappa shape index (κ2) is 9.51. The normalized spacial score (nSPS) is 11.8. The van der Waals surface area contributed by atoms with Gasteiger partial charge in [0.1, 0.15) is 17.7 Å². The third-order valence-corrected chi connectivity index (χ3v) is 8.52. The third-order valence-electron chi connectivity index (χ3n) is 8.52. The standard InChI is InChI=1S/C38H25N5O/c1-24-9-5-6-12-28(24)25-15-17-31-29-18-16-27(22-33(29)38-41-39-23-42(38)35(31)21-25)44-36-20-19-32-30-13-7-8-14-34(30)43(37(32)40-36)26-10-3-2-4-11-26/h2-23H,1H3. The number of aromatic nitrogens is 5. The van der Waals surface area contributed by atoms with Gasteiger partial charge in [0.25, 0.3) is 0 Å². The van der Waals surface area contributed by atoms with Crippen molar-refractivity contribution in [3.8, 4) is 28.4 Å². The van der Waals surface area contributed by atoms with Crippen LogP contribution in [-0.2, 0) is 0 Å². The van der Waals surface area contributed by atoms with Crippen molar-refractivity contribution in [2.24, 2.45) is 0 Å². The second-order valence-electron chi connectivity index (χ2n) is 11.1. The van der Waals surface area contributed by atoms with Crippen LogP contribution in [-0.4, -0.2) is 24.1 Å². The van der Waals surface area contributed by atoms with Crippen molar-refractivity contribution in [3.63, 3.8) is 0 Å². The summed E-state index contributed by atoms with van der Waals surface area (Å²) in [5, 5.41) is 14.2. The third kappa shape index (κ3) is 3.71. The summed E-state index contributed by atoms with van der Waals surface area (Å²) in [6, 6.07) is 44.0. The van der Waals surface area contributed by atoms with Crippen LogP contribution in [0.2, 0.25) is 0 Å². The molecule has 4 aromatic heterocycles. The van der Waals surface area contributed by atoms with Gasteiger partial charge in [0.2, 0.25) is 5.88 Å². The number of nitrogens with zero attached hydrogens (tertiary/aromatic N) is 5. The van der Waals surface area contributed by atoms with Crippen LogP contribution in [0.5, 0.6) is 11.6 Å². The van der Waals surface area contributed by atoms with Crippen LogP contribution in [0.15, 0.2) is 134 Å². The molecule has 0 aliphatic rings. The molecule has 208 valence electrons. The van der Waals surface area contributed by atoms with Crippen molar-refractivity contribution in [1.29, 1.82) is 0 Å². The van der Waals surface area contributed by atoms with Crippen molar-refractivity contribution in [1.82, 2.24) is 24.1 Å². The number of hydrogen-bond donors (Lipinski definition) is 0. The molecule has 0 N–H and O–H groups in total. The number of ether oxygens (including phenoxy) is 1. The van der Waals surface area contributed by atoms with Crippen LogP contribution in [0.25, 0.3) is 66.1 Å². The highest BCUT2D eigenvalue weighted by atomic mass is 16.5. The Balaban J connectivity index is 1.17. The average molecular weight is 568 g/mol. The Hall–Kier alpha value is -6.01. The van der Waals surface area contributed by atoms with Crippen molar-refractivity contribution in [2.45, 2.75) is 6.92 Å². The van der Waals surface area contributed by atoms with Gasteiger partial charge in [-0.1, -0.05) is 72.8 Å². The Morgan fingerprint density at radius 2 is 1.36 bits per heavy atom. The van der Waals surface area contributed by atoms with Crippen molar-refractivity contribution >= 4 is 49.3 Å². The molecule has 0 aliphatic heterocycles. The van der Waals surface area contributed by atoms with Crippen LogP contribution < -0.4 is 4.74 Å². The summed E-state index contributed by atoms with van der Waals surface area (Å²) in [5.74, 6) is 1.21. The Morgan fingerprint density at radius 3 is 2.27 bits per heavy atom. The first-order valence-electron chi connectivity index (χ1n) is 14.6. The first-order valence-corrected chi connectivity index (χ1v) is 14.6. The number of para-hydroxylation sites is 2. The molecule has 44 heavy (non-hydrogen) atoms. The van der Waals surface area contributed by atoms with E-state index < -0.39 is 0 Å². The van der Waals surface area contributed by atoms with Crippen LogP contribution >= 0.6 is 0 Å². The maximum Gasteiger partial charge on any atom is 0.221 e. The predicted molar refractivity (Wildman–Crippen MR) is 177 cm³/mol. The molecule has 0 saturated carbocycles. The minimum absolute atomic E-state index is 0.526. The van der Waals surface area contributed by atoms with Crippen LogP contribution in [0.4, 0.5) is 0 Å². The molecule has 0 radical (unpaired) electrons. The van der Waals surface area contributed by atoms with Gasteiger partial charge in [0, 0.05) is 33.3 Å². The van der Waals surface area contributed by atoms with Gasteiger partial charge >= 0.3 is 0 Å². The zero-order valence-corrected chi connectivity index (χ0v) is 23.8. The maximum absolute atomic E-state index is 6.43. The fourth-order valence-electron chi connectivity index (χ4n) is 6.46. The van der Waals surface area contributed by atoms with Gasteiger partial charge in [0.15, 0.2) is 5.65 Å². The first-order chi connectivity index (χ1) is 21.7. The lowest BCUT2D eigenvalue weighted by Gasteiger charge is -2.12. The van der Waals surface area contributed by atoms with Crippen molar-refractivity contribution in [2.75, 3.05) is 0 Å². The maximum atomic E-state index is 6.43. The molecule has 0 atom stereocenters. The van der Waals surface area contributed by atoms with Gasteiger partial charge in [-0.15, -0.1) is 10.2 Å². The molecular formula is C38H25N5O. The molecule has 4 heterocycles. The molecule has 9 rings (SSSR count). The number of rotatable bonds is 4. The lowest BCUT2D eigenvalue weighted by Crippen LogP contribution is -1.96. The Labute approximate surface area is 252 Å². The number of aryl methyl sites for hydroxylation is 1. The Kier molecular flexibility index (Phi) is 5.31. The summed E-state index contributed by atoms with van der Waals surface area (Å²) >= 11 is 0. The van der Waals surface area contributed by atoms with E-state index in [9.17, 15) is 0 Å². The second-order valence-corrected chi connectivity index (χ2v) is 11.1. The number of benzene rings is 5. The van der Waals surface area contributed by atoms with E-state index in [-0.39, 0.29) is 0 Å². The minimum atomic E-state index is 0.526. The van der Waals surface area contributed by atoms with Gasteiger partial charge < -0.3 is 4.74 Å². The summed E-state index contributed by atoms with van der Waals surface area (Å²) in [6.07, 6.45) is 1.78. The lowest BCUT2D eigenvalue weighted by molar-refractivity contribution is 0.465. The zero-order chi connectivity index (χ0) is 29.2. The van der Waals surface area contributed by atoms with Crippen LogP contribution in [0.3, 0.4) is 0 Å². The van der Waals surface area contributed by atoms with Crippen LogP contribution in [0.1, 0.15) is 5.56 Å². The fourth-order valence-corrected chi connectivity index (χ4v) is 6.46. The SMILES string of the molecule is Cc1ccccc1-c1ccc2c3ccc(Oc4ccc5c6ccccc6n(-c6ccccc6)c5n4)cc3c3nncn3c2c1. The summed E-state index contributed by atoms with van der Waals surface area (Å²) in [7, 11) is 0. The van der Waals surface area contributed by atoms with Gasteiger partial charge in [-0.05, 0) is 77.5 Å². The topological polar surface area (TPSA) is 57.2 Å². The van der Waals surface area contributed by atoms with E-state index >= 15 is 0 Å². The van der Waals surface area contributed by atoms with Gasteiger partial charge in [-0.2, -0.15) is 4.98 Å². The molecule has 0 amide bonds. The summed E-state index contributed by atoms with van der Waals surface area (Å²) in [5.41, 5.74) is 8.49. The molecule has 6 nitrogen and oxygen atoms in total. The number of pyridine rings is 2. The molecule has 0 aliphatic carbocycles. The summed E-state index contributed by atoms with van der Waals surface area (Å²) in [6.45, 7) is 2.14. The number of fused-ring (bicyclic) bond motifs is 9. The monoisotopic (exact) mass is 567 g/mol. The molecule has 0 spiro atoms. The summed E-state index contributed by atoms with van der Waals surface area (Å²) in [4.78, 5) is 5.02. The van der Waals surface area contributed by atoms with E-state index in [4.69, 9.17) is 9.72 Å². The molecule has 9 aromatic rings. The van der Waals surface area contributed by atoms with Gasteiger partial charge in [-0.25, -0.2) is 0 Å². The molecule has 0 fully saturated rings. The quantitative estimate of drug-likeness (QED) is 0.199. The highest BCUT2D eigenvalue weighted by molar-refractivity contribution is 6.12. The van der Waals surface area contributed by atoms with E-state index in [1.54, 1.807) is 6.33 Å². The largest absolute Gasteiger partial charge is 0.439 e. The molecule has 0 bridgehead atoms. The molecule has 0 unspecified atom stereocenters. The highest BCUT2D eigenvalue weighted by Gasteiger charge is 2.16. The van der Waals surface area contributed by atoms with Crippen molar-refractivity contribution in [3.05, 3.63) is 139 Å². The average Bonchev–Trinajstić information content (AvgIpc) is 3.69. The predicted octanol–water partition coefficient (Wildman–Crippen LogP) is 9.30. The van der Waals surface area contributed by atoms with E-state index in [0.29, 0.717) is 11.6 Å². The zero-order valence-electron chi connectivity index (χ0n) is 23.8. The highest BCUT2D eigenvalue weighted by Crippen LogP contribution is 2.36. The summed E-state index contributed by atoms with van der Waals surface area (Å²) < 4.78 is 10.7. The van der Waals surface area contributed by atoms with E-state index in [1.165, 1.54) is 16.7 Å². The van der Waals surface area contributed by atoms with E-state index in [1.807, 2.05) is 36.4 Å². The molecular weight excluding hydrogens is 542 g/mol. The number of hydrogen-bond acceptors (Lipinski definition) is 4. The van der Waals surface area contributed by atoms with Crippen LogP contribution in [0, 0.1) is 6.92 Å². The minimum Gasteiger partial charge on any atom is -0.439 e. The van der Waals surface area contributed by atoms with Gasteiger partial charge in [0.05, 0.1) is 11.0 Å². The van der Waals surface area contributed by atoms with Crippen molar-refractivity contribution < 1.29 is 4.74 Å². The molecule has 6 heteroatoms. The van der Waals surface area contributed by atoms with E-state index in [2.05, 4.69) is 117 Å². The Bertz CT molecular complexity index is 2550. The van der Waals surface area contributed by atoms with Gasteiger partial charge in [-0.3, -0.25) is 8.97 Å². The first kappa shape index (κ1) is 24.6. The fraction of sp³-hybridized carbons (Fsp3) is 0.0263. The molecule has 5 aromatic carbocycles. The smallest absolute Gasteiger partial charge is 0.221 e. The van der Waals surface area contributed by atoms with E-state index in [0.717, 1.165) is 54.9 Å². The molecule has 0 saturated heterocycles. The Morgan fingerprint density at radius 1 is 0.591 bits per heavy atom. The lowest BCUT2D eigenvalue weighted by atomic mass is 9.97.